The summed E-state index contributed by atoms with van der Waals surface area (Å²) in [7, 11) is 0. The van der Waals surface area contributed by atoms with Gasteiger partial charge in [-0.05, 0) is 17.7 Å². The second kappa shape index (κ2) is 4.72. The Morgan fingerprint density at radius 3 is 2.89 bits per heavy atom. The smallest absolute Gasteiger partial charge is 0.272 e. The Labute approximate surface area is 118 Å². The third kappa shape index (κ3) is 2.13. The molecule has 0 unspecified atom stereocenters. The average molecular weight is 294 g/mol. The standard InChI is InChI=1S/C13H9Cl2N3O/c14-6-10-5-12(19)18-13(17-10)11(7-16-18)8-2-1-3-9(15)4-8/h1-5,7,16H,6H2. The Morgan fingerprint density at radius 2 is 2.16 bits per heavy atom. The molecule has 4 nitrogen and oxygen atoms in total. The maximum atomic E-state index is 11.9. The summed E-state index contributed by atoms with van der Waals surface area (Å²) in [6.07, 6.45) is 1.73. The largest absolute Gasteiger partial charge is 0.296 e. The van der Waals surface area contributed by atoms with Crippen molar-refractivity contribution < 1.29 is 0 Å². The highest BCUT2D eigenvalue weighted by molar-refractivity contribution is 6.30. The van der Waals surface area contributed by atoms with Gasteiger partial charge in [0, 0.05) is 22.8 Å². The number of aromatic amines is 1. The van der Waals surface area contributed by atoms with Crippen molar-refractivity contribution in [2.24, 2.45) is 0 Å². The van der Waals surface area contributed by atoms with Gasteiger partial charge in [-0.1, -0.05) is 23.7 Å². The highest BCUT2D eigenvalue weighted by Crippen LogP contribution is 2.25. The number of hydrogen-bond donors (Lipinski definition) is 1. The Kier molecular flexibility index (Phi) is 3.05. The minimum atomic E-state index is -0.186. The quantitative estimate of drug-likeness (QED) is 0.738. The van der Waals surface area contributed by atoms with Crippen molar-refractivity contribution in [3.63, 3.8) is 0 Å². The lowest BCUT2D eigenvalue weighted by atomic mass is 10.1. The van der Waals surface area contributed by atoms with Crippen molar-refractivity contribution in [2.75, 3.05) is 0 Å². The fourth-order valence-electron chi connectivity index (χ4n) is 1.97. The van der Waals surface area contributed by atoms with Crippen LogP contribution in [0.1, 0.15) is 5.69 Å². The first kappa shape index (κ1) is 12.3. The molecule has 0 radical (unpaired) electrons. The maximum Gasteiger partial charge on any atom is 0.272 e. The molecule has 0 aliphatic rings. The van der Waals surface area contributed by atoms with Gasteiger partial charge in [-0.25, -0.2) is 9.50 Å². The third-order valence-corrected chi connectivity index (χ3v) is 3.33. The van der Waals surface area contributed by atoms with Gasteiger partial charge < -0.3 is 0 Å². The van der Waals surface area contributed by atoms with E-state index in [1.54, 1.807) is 12.3 Å². The van der Waals surface area contributed by atoms with E-state index < -0.39 is 0 Å². The van der Waals surface area contributed by atoms with Gasteiger partial charge in [-0.3, -0.25) is 9.89 Å². The Balaban J connectivity index is 2.30. The summed E-state index contributed by atoms with van der Waals surface area (Å²) in [6, 6.07) is 8.80. The van der Waals surface area contributed by atoms with Crippen LogP contribution in [0, 0.1) is 0 Å². The van der Waals surface area contributed by atoms with E-state index in [1.807, 2.05) is 18.2 Å². The zero-order valence-corrected chi connectivity index (χ0v) is 11.2. The van der Waals surface area contributed by atoms with E-state index in [4.69, 9.17) is 23.2 Å². The van der Waals surface area contributed by atoms with Crippen LogP contribution in [0.25, 0.3) is 16.8 Å². The number of rotatable bonds is 2. The van der Waals surface area contributed by atoms with Gasteiger partial charge in [0.15, 0.2) is 5.65 Å². The first-order valence-corrected chi connectivity index (χ1v) is 6.52. The van der Waals surface area contributed by atoms with Gasteiger partial charge in [-0.15, -0.1) is 11.6 Å². The minimum Gasteiger partial charge on any atom is -0.296 e. The van der Waals surface area contributed by atoms with E-state index >= 15 is 0 Å². The number of alkyl halides is 1. The second-order valence-electron chi connectivity index (χ2n) is 4.08. The SMILES string of the molecule is O=c1cc(CCl)nc2c(-c3cccc(Cl)c3)c[nH]n12. The van der Waals surface area contributed by atoms with Gasteiger partial charge >= 0.3 is 0 Å². The molecule has 2 heterocycles. The monoisotopic (exact) mass is 293 g/mol. The highest BCUT2D eigenvalue weighted by atomic mass is 35.5. The number of H-pyrrole nitrogens is 1. The van der Waals surface area contributed by atoms with Gasteiger partial charge in [0.1, 0.15) is 0 Å². The molecule has 0 spiro atoms. The van der Waals surface area contributed by atoms with Crippen LogP contribution in [-0.4, -0.2) is 14.6 Å². The number of nitrogens with zero attached hydrogens (tertiary/aromatic N) is 2. The fourth-order valence-corrected chi connectivity index (χ4v) is 2.29. The van der Waals surface area contributed by atoms with Gasteiger partial charge in [-0.2, -0.15) is 0 Å². The van der Waals surface area contributed by atoms with Crippen LogP contribution in [0.5, 0.6) is 0 Å². The van der Waals surface area contributed by atoms with Crippen LogP contribution in [0.3, 0.4) is 0 Å². The fraction of sp³-hybridized carbons (Fsp3) is 0.0769. The van der Waals surface area contributed by atoms with Crippen LogP contribution in [-0.2, 0) is 5.88 Å². The molecule has 19 heavy (non-hydrogen) atoms. The summed E-state index contributed by atoms with van der Waals surface area (Å²) < 4.78 is 1.38. The molecule has 3 rings (SSSR count). The Hall–Kier alpha value is -1.78. The molecule has 0 saturated carbocycles. The van der Waals surface area contributed by atoms with E-state index in [0.29, 0.717) is 16.4 Å². The first-order chi connectivity index (χ1) is 9.19. The van der Waals surface area contributed by atoms with Crippen LogP contribution < -0.4 is 5.56 Å². The second-order valence-corrected chi connectivity index (χ2v) is 4.78. The molecule has 0 atom stereocenters. The van der Waals surface area contributed by atoms with Crippen molar-refractivity contribution in [2.45, 2.75) is 5.88 Å². The van der Waals surface area contributed by atoms with Gasteiger partial charge in [0.05, 0.1) is 11.6 Å². The molecule has 0 bridgehead atoms. The predicted octanol–water partition coefficient (Wildman–Crippen LogP) is 3.08. The molecule has 0 aliphatic heterocycles. The summed E-state index contributed by atoms with van der Waals surface area (Å²) in [5, 5.41) is 3.51. The van der Waals surface area contributed by atoms with Crippen molar-refractivity contribution >= 4 is 28.8 Å². The summed E-state index contributed by atoms with van der Waals surface area (Å²) in [4.78, 5) is 16.3. The number of fused-ring (bicyclic) bond motifs is 1. The first-order valence-electron chi connectivity index (χ1n) is 5.61. The zero-order valence-electron chi connectivity index (χ0n) is 9.73. The summed E-state index contributed by atoms with van der Waals surface area (Å²) in [6.45, 7) is 0. The Bertz CT molecular complexity index is 807. The van der Waals surface area contributed by atoms with Crippen molar-refractivity contribution in [3.8, 4) is 11.1 Å². The van der Waals surface area contributed by atoms with Gasteiger partial charge in [0.2, 0.25) is 0 Å². The van der Waals surface area contributed by atoms with E-state index in [1.165, 1.54) is 10.6 Å². The highest BCUT2D eigenvalue weighted by Gasteiger charge is 2.10. The average Bonchev–Trinajstić information content (AvgIpc) is 2.83. The molecule has 0 aliphatic carbocycles. The molecule has 3 aromatic rings. The molecule has 0 fully saturated rings. The van der Waals surface area contributed by atoms with E-state index in [-0.39, 0.29) is 11.4 Å². The van der Waals surface area contributed by atoms with Crippen molar-refractivity contribution in [3.05, 3.63) is 57.6 Å². The normalized spacial score (nSPS) is 11.1. The predicted molar refractivity (Wildman–Crippen MR) is 75.8 cm³/mol. The van der Waals surface area contributed by atoms with E-state index in [2.05, 4.69) is 10.1 Å². The third-order valence-electron chi connectivity index (χ3n) is 2.82. The van der Waals surface area contributed by atoms with Crippen LogP contribution >= 0.6 is 23.2 Å². The number of halogens is 2. The summed E-state index contributed by atoms with van der Waals surface area (Å²) >= 11 is 11.7. The van der Waals surface area contributed by atoms with E-state index in [9.17, 15) is 4.79 Å². The topological polar surface area (TPSA) is 50.2 Å². The number of benzene rings is 1. The van der Waals surface area contributed by atoms with Crippen LogP contribution in [0.15, 0.2) is 41.3 Å². The lowest BCUT2D eigenvalue weighted by molar-refractivity contribution is 0.888. The number of nitrogens with one attached hydrogen (secondary N) is 1. The van der Waals surface area contributed by atoms with E-state index in [0.717, 1.165) is 11.1 Å². The molecule has 0 saturated heterocycles. The van der Waals surface area contributed by atoms with Crippen molar-refractivity contribution in [1.29, 1.82) is 0 Å². The molecule has 1 N–H and O–H groups in total. The summed E-state index contributed by atoms with van der Waals surface area (Å²) in [5.74, 6) is 0.200. The molecule has 96 valence electrons. The Morgan fingerprint density at radius 1 is 1.32 bits per heavy atom. The molecule has 2 aromatic heterocycles. The zero-order chi connectivity index (χ0) is 13.4. The van der Waals surface area contributed by atoms with Crippen molar-refractivity contribution in [1.82, 2.24) is 14.6 Å². The van der Waals surface area contributed by atoms with Gasteiger partial charge in [0.25, 0.3) is 5.56 Å². The number of hydrogen-bond acceptors (Lipinski definition) is 2. The molecular formula is C13H9Cl2N3O. The molecule has 6 heteroatoms. The maximum absolute atomic E-state index is 11.9. The molecule has 0 amide bonds. The van der Waals surface area contributed by atoms with Crippen LogP contribution in [0.2, 0.25) is 5.02 Å². The van der Waals surface area contributed by atoms with Crippen LogP contribution in [0.4, 0.5) is 0 Å². The molecule has 1 aromatic carbocycles. The minimum absolute atomic E-state index is 0.186. The molecular weight excluding hydrogens is 285 g/mol. The summed E-state index contributed by atoms with van der Waals surface area (Å²) in [5.41, 5.74) is 2.62. The lowest BCUT2D eigenvalue weighted by Gasteiger charge is -2.01. The lowest BCUT2D eigenvalue weighted by Crippen LogP contribution is -2.15. The number of aromatic nitrogens is 3.